The second-order valence-corrected chi connectivity index (χ2v) is 1.38. The van der Waals surface area contributed by atoms with Crippen LogP contribution >= 0.6 is 12.4 Å². The second-order valence-electron chi connectivity index (χ2n) is 1.38. The molecule has 0 aromatic heterocycles. The van der Waals surface area contributed by atoms with Crippen LogP contribution in [0.25, 0.3) is 0 Å². The molecule has 0 amide bonds. The maximum absolute atomic E-state index is 11.3. The molecule has 0 saturated carbocycles. The highest BCUT2D eigenvalue weighted by Gasteiger charge is 2.64. The van der Waals surface area contributed by atoms with Gasteiger partial charge in [-0.2, -0.15) is 22.0 Å². The van der Waals surface area contributed by atoms with Gasteiger partial charge in [0.05, 0.1) is 0 Å². The summed E-state index contributed by atoms with van der Waals surface area (Å²) in [6.07, 6.45) is -6.02. The molecular weight excluding hydrogens is 198 g/mol. The smallest absolute Gasteiger partial charge is 0.465 e. The van der Waals surface area contributed by atoms with Crippen LogP contribution in [0.5, 0.6) is 0 Å². The summed E-state index contributed by atoms with van der Waals surface area (Å²) in [6.45, 7) is 0. The molecule has 2 nitrogen and oxygen atoms in total. The van der Waals surface area contributed by atoms with Crippen LogP contribution in [-0.2, 0) is 4.79 Å². The van der Waals surface area contributed by atoms with Gasteiger partial charge in [-0.1, -0.05) is 0 Å². The van der Waals surface area contributed by atoms with Crippen molar-refractivity contribution >= 4 is 18.4 Å². The fraction of sp³-hybridized carbons (Fsp3) is 0.667. The van der Waals surface area contributed by atoms with Gasteiger partial charge in [0.25, 0.3) is 0 Å². The molecule has 0 atom stereocenters. The first-order valence-electron chi connectivity index (χ1n) is 1.87. The Labute approximate surface area is 63.4 Å². The summed E-state index contributed by atoms with van der Waals surface area (Å²) >= 11 is 0. The minimum absolute atomic E-state index is 0. The van der Waals surface area contributed by atoms with Gasteiger partial charge in [-0.25, -0.2) is 4.79 Å². The zero-order valence-electron chi connectivity index (χ0n) is 4.65. The van der Waals surface area contributed by atoms with Gasteiger partial charge in [-0.15, -0.1) is 12.4 Å². The van der Waals surface area contributed by atoms with Crippen LogP contribution in [0, 0.1) is 0 Å². The summed E-state index contributed by atoms with van der Waals surface area (Å²) in [5.41, 5.74) is 0. The van der Waals surface area contributed by atoms with Crippen molar-refractivity contribution in [1.82, 2.24) is 0 Å². The summed E-state index contributed by atoms with van der Waals surface area (Å²) in [5.74, 6) is -8.84. The van der Waals surface area contributed by atoms with E-state index < -0.39 is 18.1 Å². The molecule has 0 spiro atoms. The van der Waals surface area contributed by atoms with Crippen LogP contribution in [0.15, 0.2) is 0 Å². The summed E-state index contributed by atoms with van der Waals surface area (Å²) in [6, 6.07) is 0. The van der Waals surface area contributed by atoms with Gasteiger partial charge >= 0.3 is 18.1 Å². The highest BCUT2D eigenvalue weighted by molar-refractivity contribution is 5.85. The number of hydrogen-bond donors (Lipinski definition) is 1. The normalized spacial score (nSPS) is 12.1. The molecule has 0 aromatic carbocycles. The van der Waals surface area contributed by atoms with E-state index in [4.69, 9.17) is 5.11 Å². The van der Waals surface area contributed by atoms with E-state index in [2.05, 4.69) is 0 Å². The number of carboxylic acids is 1. The van der Waals surface area contributed by atoms with Gasteiger partial charge in [-0.05, 0) is 0 Å². The predicted molar refractivity (Wildman–Crippen MR) is 25.9 cm³/mol. The summed E-state index contributed by atoms with van der Waals surface area (Å²) in [4.78, 5) is 9.20. The third kappa shape index (κ3) is 2.49. The number of halogens is 6. The van der Waals surface area contributed by atoms with Crippen molar-refractivity contribution in [2.75, 3.05) is 0 Å². The molecule has 1 N–H and O–H groups in total. The lowest BCUT2D eigenvalue weighted by Crippen LogP contribution is -2.43. The predicted octanol–water partition coefficient (Wildman–Crippen LogP) is 1.69. The van der Waals surface area contributed by atoms with Gasteiger partial charge < -0.3 is 5.11 Å². The van der Waals surface area contributed by atoms with Crippen LogP contribution in [0.2, 0.25) is 0 Å². The Morgan fingerprint density at radius 1 is 1.09 bits per heavy atom. The van der Waals surface area contributed by atoms with Crippen molar-refractivity contribution in [2.45, 2.75) is 12.1 Å². The second kappa shape index (κ2) is 3.21. The third-order valence-electron chi connectivity index (χ3n) is 0.625. The largest absolute Gasteiger partial charge is 0.477 e. The number of carboxylic acid groups (broad SMARTS) is 1. The first-order valence-corrected chi connectivity index (χ1v) is 1.87. The fourth-order valence-electron chi connectivity index (χ4n) is 0.121. The van der Waals surface area contributed by atoms with E-state index in [9.17, 15) is 26.7 Å². The highest BCUT2D eigenvalue weighted by atomic mass is 35.5. The zero-order chi connectivity index (χ0) is 8.58. The zero-order valence-corrected chi connectivity index (χ0v) is 5.47. The van der Waals surface area contributed by atoms with Crippen LogP contribution in [-0.4, -0.2) is 23.2 Å². The fourth-order valence-corrected chi connectivity index (χ4v) is 0.121. The van der Waals surface area contributed by atoms with Crippen molar-refractivity contribution in [3.63, 3.8) is 0 Å². The monoisotopic (exact) mass is 200 g/mol. The SMILES string of the molecule is Cl.O=C(O)C(F)(F)C(F)(F)F. The van der Waals surface area contributed by atoms with E-state index in [1.54, 1.807) is 0 Å². The third-order valence-corrected chi connectivity index (χ3v) is 0.625. The van der Waals surface area contributed by atoms with Crippen LogP contribution < -0.4 is 0 Å². The molecule has 0 bridgehead atoms. The molecule has 0 aliphatic heterocycles. The van der Waals surface area contributed by atoms with E-state index in [-0.39, 0.29) is 12.4 Å². The molecule has 0 unspecified atom stereocenters. The number of alkyl halides is 5. The Morgan fingerprint density at radius 2 is 1.36 bits per heavy atom. The van der Waals surface area contributed by atoms with Crippen molar-refractivity contribution in [1.29, 1.82) is 0 Å². The van der Waals surface area contributed by atoms with E-state index in [0.29, 0.717) is 0 Å². The lowest BCUT2D eigenvalue weighted by atomic mass is 10.3. The Balaban J connectivity index is 0. The van der Waals surface area contributed by atoms with Crippen LogP contribution in [0.4, 0.5) is 22.0 Å². The molecule has 0 saturated heterocycles. The van der Waals surface area contributed by atoms with E-state index in [1.165, 1.54) is 0 Å². The summed E-state index contributed by atoms with van der Waals surface area (Å²) in [7, 11) is 0. The lowest BCUT2D eigenvalue weighted by molar-refractivity contribution is -0.277. The molecule has 8 heteroatoms. The van der Waals surface area contributed by atoms with Crippen molar-refractivity contribution in [3.05, 3.63) is 0 Å². The average Bonchev–Trinajstić information content (AvgIpc) is 1.62. The van der Waals surface area contributed by atoms with Gasteiger partial charge in [0, 0.05) is 0 Å². The van der Waals surface area contributed by atoms with Gasteiger partial charge in [-0.3, -0.25) is 0 Å². The molecule has 0 heterocycles. The summed E-state index contributed by atoms with van der Waals surface area (Å²) < 4.78 is 55.5. The number of carbonyl (C=O) groups is 1. The molecule has 0 aliphatic carbocycles. The molecule has 0 fully saturated rings. The Kier molecular flexibility index (Phi) is 3.80. The first kappa shape index (κ1) is 13.0. The molecule has 0 aromatic rings. The maximum atomic E-state index is 11.3. The number of rotatable bonds is 1. The van der Waals surface area contributed by atoms with Gasteiger partial charge in [0.1, 0.15) is 0 Å². The van der Waals surface area contributed by atoms with Crippen molar-refractivity contribution in [3.8, 4) is 0 Å². The molecule has 68 valence electrons. The Bertz CT molecular complexity index is 152. The summed E-state index contributed by atoms with van der Waals surface area (Å²) in [5, 5.41) is 7.31. The lowest BCUT2D eigenvalue weighted by Gasteiger charge is -2.13. The Morgan fingerprint density at radius 3 is 1.36 bits per heavy atom. The highest BCUT2D eigenvalue weighted by Crippen LogP contribution is 2.35. The van der Waals surface area contributed by atoms with Gasteiger partial charge in [0.15, 0.2) is 0 Å². The standard InChI is InChI=1S/C3HF5O2.ClH/c4-2(5,1(9)10)3(6,7)8;/h(H,9,10);1H. The van der Waals surface area contributed by atoms with E-state index >= 15 is 0 Å². The average molecular weight is 200 g/mol. The molecule has 11 heavy (non-hydrogen) atoms. The van der Waals surface area contributed by atoms with E-state index in [1.807, 2.05) is 0 Å². The molecule has 0 rings (SSSR count). The van der Waals surface area contributed by atoms with Crippen molar-refractivity contribution in [2.24, 2.45) is 0 Å². The number of hydrogen-bond acceptors (Lipinski definition) is 1. The topological polar surface area (TPSA) is 37.3 Å². The molecule has 0 radical (unpaired) electrons. The minimum atomic E-state index is -6.02. The quantitative estimate of drug-likeness (QED) is 0.654. The van der Waals surface area contributed by atoms with E-state index in [0.717, 1.165) is 0 Å². The van der Waals surface area contributed by atoms with Crippen LogP contribution in [0.3, 0.4) is 0 Å². The molecule has 0 aliphatic rings. The minimum Gasteiger partial charge on any atom is -0.477 e. The van der Waals surface area contributed by atoms with Crippen molar-refractivity contribution < 1.29 is 31.9 Å². The van der Waals surface area contributed by atoms with Crippen LogP contribution in [0.1, 0.15) is 0 Å². The maximum Gasteiger partial charge on any atom is 0.465 e. The first-order chi connectivity index (χ1) is 4.19. The Hall–Kier alpha value is -0.590. The molecular formula is C3H2ClF5O2. The number of aliphatic carboxylic acids is 1. The van der Waals surface area contributed by atoms with Gasteiger partial charge in [0.2, 0.25) is 0 Å².